The van der Waals surface area contributed by atoms with Crippen molar-refractivity contribution in [1.29, 1.82) is 0 Å². The van der Waals surface area contributed by atoms with Crippen LogP contribution in [0, 0.1) is 11.3 Å². The van der Waals surface area contributed by atoms with Crippen molar-refractivity contribution >= 4 is 17.8 Å². The fraction of sp³-hybridized carbons (Fsp3) is 0.516. The Balaban J connectivity index is 1.34. The highest BCUT2D eigenvalue weighted by atomic mass is 16.5. The predicted molar refractivity (Wildman–Crippen MR) is 149 cm³/mol. The van der Waals surface area contributed by atoms with E-state index in [-0.39, 0.29) is 25.3 Å². The number of piperidine rings is 1. The molecule has 4 rings (SSSR count). The van der Waals surface area contributed by atoms with Crippen molar-refractivity contribution in [3.63, 3.8) is 0 Å². The molecule has 8 heteroatoms. The van der Waals surface area contributed by atoms with Crippen molar-refractivity contribution in [2.75, 3.05) is 20.2 Å². The highest BCUT2D eigenvalue weighted by Crippen LogP contribution is 2.35. The quantitative estimate of drug-likeness (QED) is 0.456. The summed E-state index contributed by atoms with van der Waals surface area (Å²) in [5.74, 6) is -0.00583. The number of fused-ring (bicyclic) bond motifs is 1. The number of likely N-dealkylation sites (tertiary alicyclic amines) is 1. The van der Waals surface area contributed by atoms with Crippen molar-refractivity contribution < 1.29 is 23.9 Å². The van der Waals surface area contributed by atoms with Crippen LogP contribution in [0.25, 0.3) is 0 Å². The molecule has 1 unspecified atom stereocenters. The number of carbonyl (C=O) groups is 3. The molecule has 0 aliphatic carbocycles. The van der Waals surface area contributed by atoms with Gasteiger partial charge in [0.1, 0.15) is 18.4 Å². The molecule has 2 aromatic carbocycles. The molecular weight excluding hydrogens is 494 g/mol. The Bertz CT molecular complexity index is 1180. The molecule has 1 saturated heterocycles. The zero-order chi connectivity index (χ0) is 28.2. The summed E-state index contributed by atoms with van der Waals surface area (Å²) >= 11 is 0. The van der Waals surface area contributed by atoms with Crippen LogP contribution >= 0.6 is 0 Å². The lowest BCUT2D eigenvalue weighted by Crippen LogP contribution is -2.45. The first-order chi connectivity index (χ1) is 18.6. The van der Waals surface area contributed by atoms with Gasteiger partial charge in [-0.2, -0.15) is 0 Å². The van der Waals surface area contributed by atoms with Crippen molar-refractivity contribution in [2.24, 2.45) is 17.1 Å². The SMILES string of the molecule is COC(=O)CCC(C(N)=O)N1Cc2c(OCc3ccc(CN4CCC(C(C)(C)C)CC4)cc3)cccc2C1=O. The number of hydrogen-bond acceptors (Lipinski definition) is 6. The molecule has 0 spiro atoms. The lowest BCUT2D eigenvalue weighted by Gasteiger charge is -2.38. The van der Waals surface area contributed by atoms with Crippen LogP contribution in [0.2, 0.25) is 0 Å². The van der Waals surface area contributed by atoms with E-state index in [4.69, 9.17) is 10.5 Å². The topological polar surface area (TPSA) is 102 Å². The Kier molecular flexibility index (Phi) is 8.95. The molecule has 39 heavy (non-hydrogen) atoms. The maximum Gasteiger partial charge on any atom is 0.305 e. The van der Waals surface area contributed by atoms with Crippen LogP contribution in [0.1, 0.15) is 73.5 Å². The van der Waals surface area contributed by atoms with Gasteiger partial charge < -0.3 is 20.1 Å². The Morgan fingerprint density at radius 3 is 2.33 bits per heavy atom. The summed E-state index contributed by atoms with van der Waals surface area (Å²) in [5.41, 5.74) is 9.51. The second kappa shape index (κ2) is 12.2. The lowest BCUT2D eigenvalue weighted by molar-refractivity contribution is -0.141. The number of amides is 2. The van der Waals surface area contributed by atoms with E-state index in [1.54, 1.807) is 12.1 Å². The number of nitrogens with zero attached hydrogens (tertiary/aromatic N) is 2. The third kappa shape index (κ3) is 6.98. The Morgan fingerprint density at radius 2 is 1.72 bits per heavy atom. The van der Waals surface area contributed by atoms with Gasteiger partial charge in [-0.3, -0.25) is 19.3 Å². The average molecular weight is 536 g/mol. The van der Waals surface area contributed by atoms with Gasteiger partial charge in [-0.1, -0.05) is 51.1 Å². The summed E-state index contributed by atoms with van der Waals surface area (Å²) in [4.78, 5) is 40.8. The van der Waals surface area contributed by atoms with Crippen LogP contribution < -0.4 is 10.5 Å². The highest BCUT2D eigenvalue weighted by Gasteiger charge is 2.37. The van der Waals surface area contributed by atoms with Crippen LogP contribution in [0.5, 0.6) is 5.75 Å². The van der Waals surface area contributed by atoms with Gasteiger partial charge in [0, 0.05) is 24.1 Å². The summed E-state index contributed by atoms with van der Waals surface area (Å²) in [7, 11) is 1.28. The Labute approximate surface area is 231 Å². The monoisotopic (exact) mass is 535 g/mol. The van der Waals surface area contributed by atoms with Crippen molar-refractivity contribution in [2.45, 2.75) is 72.2 Å². The third-order valence-electron chi connectivity index (χ3n) is 8.14. The Morgan fingerprint density at radius 1 is 1.05 bits per heavy atom. The molecule has 2 amide bonds. The number of primary amides is 1. The van der Waals surface area contributed by atoms with Crippen LogP contribution in [0.4, 0.5) is 0 Å². The summed E-state index contributed by atoms with van der Waals surface area (Å²) < 4.78 is 10.8. The number of nitrogens with two attached hydrogens (primary N) is 1. The van der Waals surface area contributed by atoms with Gasteiger partial charge in [0.25, 0.3) is 5.91 Å². The summed E-state index contributed by atoms with van der Waals surface area (Å²) in [6.07, 6.45) is 2.61. The van der Waals surface area contributed by atoms with Crippen molar-refractivity contribution in [3.8, 4) is 5.75 Å². The van der Waals surface area contributed by atoms with Gasteiger partial charge in [0.05, 0.1) is 13.7 Å². The predicted octanol–water partition coefficient (Wildman–Crippen LogP) is 4.29. The zero-order valence-electron chi connectivity index (χ0n) is 23.6. The summed E-state index contributed by atoms with van der Waals surface area (Å²) in [5, 5.41) is 0. The van der Waals surface area contributed by atoms with E-state index in [9.17, 15) is 14.4 Å². The van der Waals surface area contributed by atoms with E-state index < -0.39 is 17.9 Å². The van der Waals surface area contributed by atoms with Gasteiger partial charge >= 0.3 is 5.97 Å². The standard InChI is InChI=1S/C31H41N3O5/c1-31(2,3)23-14-16-33(17-15-23)18-21-8-10-22(11-9-21)20-39-27-7-5-6-24-25(27)19-34(30(24)37)26(29(32)36)12-13-28(35)38-4/h5-11,23,26H,12-20H2,1-4H3,(H2,32,36). The minimum Gasteiger partial charge on any atom is -0.489 e. The molecule has 0 aromatic heterocycles. The molecule has 0 bridgehead atoms. The van der Waals surface area contributed by atoms with Gasteiger partial charge in [0.2, 0.25) is 5.91 Å². The van der Waals surface area contributed by atoms with Crippen molar-refractivity contribution in [1.82, 2.24) is 9.80 Å². The average Bonchev–Trinajstić information content (AvgIpc) is 3.24. The number of rotatable bonds is 10. The molecule has 1 atom stereocenters. The molecule has 0 saturated carbocycles. The minimum absolute atomic E-state index is 0.00121. The molecule has 2 N–H and O–H groups in total. The summed E-state index contributed by atoms with van der Waals surface area (Å²) in [6.45, 7) is 10.8. The van der Waals surface area contributed by atoms with E-state index >= 15 is 0 Å². The summed E-state index contributed by atoms with van der Waals surface area (Å²) in [6, 6.07) is 12.9. The second-order valence-corrected chi connectivity index (χ2v) is 11.8. The van der Waals surface area contributed by atoms with E-state index in [1.165, 1.54) is 30.4 Å². The number of benzene rings is 2. The molecule has 210 valence electrons. The van der Waals surface area contributed by atoms with Gasteiger partial charge in [-0.05, 0) is 66.9 Å². The fourth-order valence-corrected chi connectivity index (χ4v) is 5.64. The second-order valence-electron chi connectivity index (χ2n) is 11.8. The molecule has 2 aromatic rings. The third-order valence-corrected chi connectivity index (χ3v) is 8.14. The van der Waals surface area contributed by atoms with Gasteiger partial charge in [-0.25, -0.2) is 0 Å². The number of methoxy groups -OCH3 is 1. The number of carbonyl (C=O) groups excluding carboxylic acids is 3. The minimum atomic E-state index is -0.899. The fourth-order valence-electron chi connectivity index (χ4n) is 5.64. The molecule has 0 radical (unpaired) electrons. The molecule has 2 aliphatic rings. The normalized spacial score (nSPS) is 17.1. The lowest BCUT2D eigenvalue weighted by atomic mass is 9.75. The first-order valence-electron chi connectivity index (χ1n) is 13.8. The van der Waals surface area contributed by atoms with Crippen LogP contribution in [-0.2, 0) is 34.0 Å². The zero-order valence-corrected chi connectivity index (χ0v) is 23.6. The molecule has 1 fully saturated rings. The number of hydrogen-bond donors (Lipinski definition) is 1. The van der Waals surface area contributed by atoms with Crippen LogP contribution in [0.15, 0.2) is 42.5 Å². The number of esters is 1. The first kappa shape index (κ1) is 28.6. The smallest absolute Gasteiger partial charge is 0.305 e. The molecule has 2 heterocycles. The number of ether oxygens (including phenoxy) is 2. The van der Waals surface area contributed by atoms with E-state index in [0.29, 0.717) is 23.3 Å². The van der Waals surface area contributed by atoms with Crippen molar-refractivity contribution in [3.05, 3.63) is 64.7 Å². The van der Waals surface area contributed by atoms with Gasteiger partial charge in [-0.15, -0.1) is 0 Å². The van der Waals surface area contributed by atoms with E-state index in [2.05, 4.69) is 54.7 Å². The Hall–Kier alpha value is -3.39. The van der Waals surface area contributed by atoms with Crippen LogP contribution in [0.3, 0.4) is 0 Å². The first-order valence-corrected chi connectivity index (χ1v) is 13.8. The van der Waals surface area contributed by atoms with E-state index in [0.717, 1.165) is 36.7 Å². The maximum absolute atomic E-state index is 13.1. The maximum atomic E-state index is 13.1. The van der Waals surface area contributed by atoms with E-state index in [1.807, 2.05) is 6.07 Å². The van der Waals surface area contributed by atoms with Crippen LogP contribution in [-0.4, -0.2) is 53.8 Å². The highest BCUT2D eigenvalue weighted by molar-refractivity contribution is 6.01. The molecular formula is C31H41N3O5. The van der Waals surface area contributed by atoms with Gasteiger partial charge in [0.15, 0.2) is 0 Å². The molecule has 2 aliphatic heterocycles. The molecule has 8 nitrogen and oxygen atoms in total. The largest absolute Gasteiger partial charge is 0.489 e.